The molecule has 1 amide bonds. The van der Waals surface area contributed by atoms with Gasteiger partial charge in [0.1, 0.15) is 0 Å². The van der Waals surface area contributed by atoms with E-state index in [9.17, 15) is 4.79 Å². The predicted octanol–water partition coefficient (Wildman–Crippen LogP) is 2.20. The zero-order valence-electron chi connectivity index (χ0n) is 13.2. The summed E-state index contributed by atoms with van der Waals surface area (Å²) in [4.78, 5) is 14.9. The first kappa shape index (κ1) is 17.0. The topological polar surface area (TPSA) is 55.6 Å². The molecule has 3 fully saturated rings. The van der Waals surface area contributed by atoms with Crippen LogP contribution in [0.4, 0.5) is 0 Å². The second kappa shape index (κ2) is 6.84. The molecular formula is C16H29ClN2O2. The number of hydrogen-bond acceptors (Lipinski definition) is 3. The summed E-state index contributed by atoms with van der Waals surface area (Å²) in [6, 6.07) is 0.558. The van der Waals surface area contributed by atoms with Gasteiger partial charge in [-0.15, -0.1) is 12.4 Å². The largest absolute Gasteiger partial charge is 0.375 e. The molecule has 0 radical (unpaired) electrons. The summed E-state index contributed by atoms with van der Waals surface area (Å²) in [6.07, 6.45) is 5.92. The number of hydrogen-bond donors (Lipinski definition) is 1. The Kier molecular flexibility index (Phi) is 5.55. The van der Waals surface area contributed by atoms with E-state index in [2.05, 4.69) is 18.7 Å². The highest BCUT2D eigenvalue weighted by Gasteiger charge is 2.42. The van der Waals surface area contributed by atoms with Crippen molar-refractivity contribution in [2.24, 2.45) is 23.5 Å². The fourth-order valence-corrected chi connectivity index (χ4v) is 4.44. The van der Waals surface area contributed by atoms with Crippen LogP contribution in [0.5, 0.6) is 0 Å². The number of halogens is 1. The quantitative estimate of drug-likeness (QED) is 0.807. The van der Waals surface area contributed by atoms with E-state index in [-0.39, 0.29) is 30.5 Å². The van der Waals surface area contributed by atoms with E-state index >= 15 is 0 Å². The van der Waals surface area contributed by atoms with Gasteiger partial charge in [-0.3, -0.25) is 4.79 Å². The van der Waals surface area contributed by atoms with Gasteiger partial charge in [-0.25, -0.2) is 0 Å². The van der Waals surface area contributed by atoms with E-state index < -0.39 is 0 Å². The first-order valence-electron chi connectivity index (χ1n) is 8.24. The van der Waals surface area contributed by atoms with Gasteiger partial charge in [0.15, 0.2) is 0 Å². The van der Waals surface area contributed by atoms with Crippen molar-refractivity contribution in [3.8, 4) is 0 Å². The number of carbonyl (C=O) groups is 1. The molecular weight excluding hydrogens is 288 g/mol. The van der Waals surface area contributed by atoms with Gasteiger partial charge in [-0.1, -0.05) is 6.42 Å². The summed E-state index contributed by atoms with van der Waals surface area (Å²) in [5, 5.41) is 0. The third kappa shape index (κ3) is 3.38. The van der Waals surface area contributed by atoms with Gasteiger partial charge >= 0.3 is 0 Å². The van der Waals surface area contributed by atoms with Crippen molar-refractivity contribution in [1.82, 2.24) is 4.90 Å². The third-order valence-corrected chi connectivity index (χ3v) is 5.65. The first-order valence-corrected chi connectivity index (χ1v) is 8.24. The van der Waals surface area contributed by atoms with E-state index in [0.717, 1.165) is 19.4 Å². The van der Waals surface area contributed by atoms with Gasteiger partial charge in [0.05, 0.1) is 18.8 Å². The molecule has 4 unspecified atom stereocenters. The van der Waals surface area contributed by atoms with Crippen molar-refractivity contribution >= 4 is 18.3 Å². The lowest BCUT2D eigenvalue weighted by Gasteiger charge is -2.46. The smallest absolute Gasteiger partial charge is 0.226 e. The minimum Gasteiger partial charge on any atom is -0.375 e. The Bertz CT molecular complexity index is 365. The molecule has 2 aliphatic carbocycles. The van der Waals surface area contributed by atoms with Crippen LogP contribution >= 0.6 is 12.4 Å². The Balaban J connectivity index is 0.00000161. The highest BCUT2D eigenvalue weighted by atomic mass is 35.5. The summed E-state index contributed by atoms with van der Waals surface area (Å²) in [7, 11) is 0. The summed E-state index contributed by atoms with van der Waals surface area (Å²) in [6.45, 7) is 5.57. The molecule has 0 aromatic rings. The highest BCUT2D eigenvalue weighted by Crippen LogP contribution is 2.42. The van der Waals surface area contributed by atoms with Gasteiger partial charge in [-0.05, 0) is 51.4 Å². The Morgan fingerprint density at radius 3 is 2.43 bits per heavy atom. The molecule has 0 spiro atoms. The maximum Gasteiger partial charge on any atom is 0.226 e. The SMILES string of the molecule is CC1CN(C(=O)C2CC3CCCC(C2)C3N)C(C)CO1.Cl. The van der Waals surface area contributed by atoms with Crippen LogP contribution in [0, 0.1) is 17.8 Å². The first-order chi connectivity index (χ1) is 9.56. The average molecular weight is 317 g/mol. The van der Waals surface area contributed by atoms with Gasteiger partial charge in [0.25, 0.3) is 0 Å². The number of morpholine rings is 1. The Labute approximate surface area is 134 Å². The molecule has 2 bridgehead atoms. The minimum absolute atomic E-state index is 0. The fraction of sp³-hybridized carbons (Fsp3) is 0.938. The Morgan fingerprint density at radius 1 is 1.19 bits per heavy atom. The van der Waals surface area contributed by atoms with Crippen molar-refractivity contribution in [1.29, 1.82) is 0 Å². The number of nitrogens with zero attached hydrogens (tertiary/aromatic N) is 1. The van der Waals surface area contributed by atoms with Crippen molar-refractivity contribution < 1.29 is 9.53 Å². The van der Waals surface area contributed by atoms with Crippen LogP contribution in [0.25, 0.3) is 0 Å². The molecule has 0 aromatic carbocycles. The molecule has 1 saturated heterocycles. The average Bonchev–Trinajstić information content (AvgIpc) is 2.40. The highest BCUT2D eigenvalue weighted by molar-refractivity contribution is 5.85. The lowest BCUT2D eigenvalue weighted by Crippen LogP contribution is -2.55. The molecule has 4 nitrogen and oxygen atoms in total. The molecule has 2 saturated carbocycles. The summed E-state index contributed by atoms with van der Waals surface area (Å²) in [5.41, 5.74) is 6.33. The van der Waals surface area contributed by atoms with Crippen LogP contribution < -0.4 is 5.73 Å². The summed E-state index contributed by atoms with van der Waals surface area (Å²) < 4.78 is 5.64. The second-order valence-electron chi connectivity index (χ2n) is 7.18. The Morgan fingerprint density at radius 2 is 1.81 bits per heavy atom. The van der Waals surface area contributed by atoms with E-state index in [1.54, 1.807) is 0 Å². The molecule has 4 atom stereocenters. The van der Waals surface area contributed by atoms with E-state index in [4.69, 9.17) is 10.5 Å². The van der Waals surface area contributed by atoms with Gasteiger partial charge < -0.3 is 15.4 Å². The molecule has 1 aliphatic heterocycles. The minimum atomic E-state index is 0. The molecule has 122 valence electrons. The number of rotatable bonds is 1. The standard InChI is InChI=1S/C16H28N2O2.ClH/c1-10-9-20-11(2)8-18(10)16(19)14-6-12-4-3-5-13(7-14)15(12)17;/h10-15H,3-9,17H2,1-2H3;1H. The van der Waals surface area contributed by atoms with Crippen LogP contribution in [0.1, 0.15) is 46.0 Å². The van der Waals surface area contributed by atoms with Crippen molar-refractivity contribution in [2.75, 3.05) is 13.2 Å². The lowest BCUT2D eigenvalue weighted by molar-refractivity contribution is -0.150. The van der Waals surface area contributed by atoms with Gasteiger partial charge in [-0.2, -0.15) is 0 Å². The molecule has 21 heavy (non-hydrogen) atoms. The van der Waals surface area contributed by atoms with Crippen LogP contribution in [-0.2, 0) is 9.53 Å². The maximum absolute atomic E-state index is 12.9. The monoisotopic (exact) mass is 316 g/mol. The normalized spacial score (nSPS) is 43.1. The molecule has 2 N–H and O–H groups in total. The Hall–Kier alpha value is -0.320. The molecule has 1 heterocycles. The molecule has 5 heteroatoms. The number of nitrogens with two attached hydrogens (primary N) is 1. The van der Waals surface area contributed by atoms with Crippen molar-refractivity contribution in [3.05, 3.63) is 0 Å². The molecule has 0 aromatic heterocycles. The summed E-state index contributed by atoms with van der Waals surface area (Å²) in [5.74, 6) is 1.71. The van der Waals surface area contributed by atoms with Crippen LogP contribution in [0.2, 0.25) is 0 Å². The maximum atomic E-state index is 12.9. The second-order valence-corrected chi connectivity index (χ2v) is 7.18. The van der Waals surface area contributed by atoms with Crippen LogP contribution in [0.15, 0.2) is 0 Å². The molecule has 3 aliphatic rings. The van der Waals surface area contributed by atoms with Crippen LogP contribution in [-0.4, -0.2) is 42.1 Å². The number of fused-ring (bicyclic) bond motifs is 2. The van der Waals surface area contributed by atoms with E-state index in [1.165, 1.54) is 19.3 Å². The van der Waals surface area contributed by atoms with Crippen molar-refractivity contribution in [2.45, 2.75) is 64.1 Å². The van der Waals surface area contributed by atoms with Gasteiger partial charge in [0, 0.05) is 18.5 Å². The zero-order chi connectivity index (χ0) is 14.3. The van der Waals surface area contributed by atoms with Gasteiger partial charge in [0.2, 0.25) is 5.91 Å². The summed E-state index contributed by atoms with van der Waals surface area (Å²) >= 11 is 0. The molecule has 3 rings (SSSR count). The van der Waals surface area contributed by atoms with E-state index in [1.807, 2.05) is 0 Å². The van der Waals surface area contributed by atoms with Crippen molar-refractivity contribution in [3.63, 3.8) is 0 Å². The predicted molar refractivity (Wildman–Crippen MR) is 85.4 cm³/mol. The zero-order valence-corrected chi connectivity index (χ0v) is 14.0. The number of amides is 1. The fourth-order valence-electron chi connectivity index (χ4n) is 4.44. The lowest BCUT2D eigenvalue weighted by atomic mass is 9.65. The van der Waals surface area contributed by atoms with Crippen LogP contribution in [0.3, 0.4) is 0 Å². The number of carbonyl (C=O) groups excluding carboxylic acids is 1. The van der Waals surface area contributed by atoms with E-state index in [0.29, 0.717) is 30.4 Å². The number of ether oxygens (including phenoxy) is 1. The third-order valence-electron chi connectivity index (χ3n) is 5.65.